The van der Waals surface area contributed by atoms with Gasteiger partial charge in [0.2, 0.25) is 0 Å². The van der Waals surface area contributed by atoms with Crippen molar-refractivity contribution in [2.24, 2.45) is 0 Å². The number of nitrogens with one attached hydrogen (secondary N) is 1. The molecule has 0 radical (unpaired) electrons. The fourth-order valence-corrected chi connectivity index (χ4v) is 2.57. The van der Waals surface area contributed by atoms with Crippen molar-refractivity contribution in [3.05, 3.63) is 63.1 Å². The fourth-order valence-electron chi connectivity index (χ4n) is 2.57. The van der Waals surface area contributed by atoms with Gasteiger partial charge in [-0.05, 0) is 24.1 Å². The Morgan fingerprint density at radius 1 is 1.17 bits per heavy atom. The Hall–Kier alpha value is -3.09. The van der Waals surface area contributed by atoms with Gasteiger partial charge >= 0.3 is 5.69 Å². The number of nitrogens with zero attached hydrogens (tertiary/aromatic N) is 2. The predicted molar refractivity (Wildman–Crippen MR) is 89.9 cm³/mol. The molecule has 3 aromatic rings. The SMILES string of the molecule is COc1cc2[nH]c(=O)n(CCc3cccnc3)c(=O)c2cc1OC. The van der Waals surface area contributed by atoms with Crippen molar-refractivity contribution in [3.63, 3.8) is 0 Å². The Labute approximate surface area is 137 Å². The lowest BCUT2D eigenvalue weighted by atomic mass is 10.2. The minimum atomic E-state index is -0.455. The van der Waals surface area contributed by atoms with Gasteiger partial charge in [0.05, 0.1) is 25.1 Å². The van der Waals surface area contributed by atoms with E-state index in [1.54, 1.807) is 24.5 Å². The van der Waals surface area contributed by atoms with Crippen LogP contribution in [-0.4, -0.2) is 28.8 Å². The van der Waals surface area contributed by atoms with E-state index < -0.39 is 5.69 Å². The summed E-state index contributed by atoms with van der Waals surface area (Å²) in [7, 11) is 2.99. The number of aryl methyl sites for hydroxylation is 1. The summed E-state index contributed by atoms with van der Waals surface area (Å²) >= 11 is 0. The molecule has 7 nitrogen and oxygen atoms in total. The van der Waals surface area contributed by atoms with E-state index in [0.29, 0.717) is 28.8 Å². The number of aromatic amines is 1. The normalized spacial score (nSPS) is 10.8. The second kappa shape index (κ2) is 6.57. The Bertz CT molecular complexity index is 977. The van der Waals surface area contributed by atoms with Gasteiger partial charge in [0.25, 0.3) is 5.56 Å². The first-order chi connectivity index (χ1) is 11.6. The monoisotopic (exact) mass is 327 g/mol. The zero-order chi connectivity index (χ0) is 17.1. The lowest BCUT2D eigenvalue weighted by Crippen LogP contribution is -2.35. The molecule has 0 aliphatic carbocycles. The number of benzene rings is 1. The molecule has 0 amide bonds. The Morgan fingerprint density at radius 3 is 2.58 bits per heavy atom. The third kappa shape index (κ3) is 2.88. The molecular formula is C17H17N3O4. The van der Waals surface area contributed by atoms with Crippen LogP contribution in [-0.2, 0) is 13.0 Å². The van der Waals surface area contributed by atoms with Gasteiger partial charge in [-0.1, -0.05) is 6.07 Å². The predicted octanol–water partition coefficient (Wildman–Crippen LogP) is 1.34. The highest BCUT2D eigenvalue weighted by Crippen LogP contribution is 2.29. The van der Waals surface area contributed by atoms with Crippen molar-refractivity contribution in [1.82, 2.24) is 14.5 Å². The first-order valence-corrected chi connectivity index (χ1v) is 7.42. The summed E-state index contributed by atoms with van der Waals surface area (Å²) in [5, 5.41) is 0.374. The number of aromatic nitrogens is 3. The van der Waals surface area contributed by atoms with Crippen molar-refractivity contribution in [2.45, 2.75) is 13.0 Å². The summed E-state index contributed by atoms with van der Waals surface area (Å²) in [4.78, 5) is 31.7. The molecule has 3 rings (SSSR count). The van der Waals surface area contributed by atoms with Crippen LogP contribution in [0.15, 0.2) is 46.2 Å². The summed E-state index contributed by atoms with van der Waals surface area (Å²) in [6.07, 6.45) is 3.93. The Morgan fingerprint density at radius 2 is 1.92 bits per heavy atom. The van der Waals surface area contributed by atoms with Gasteiger partial charge in [-0.2, -0.15) is 0 Å². The van der Waals surface area contributed by atoms with Crippen molar-refractivity contribution in [3.8, 4) is 11.5 Å². The van der Waals surface area contributed by atoms with E-state index in [4.69, 9.17) is 9.47 Å². The minimum Gasteiger partial charge on any atom is -0.493 e. The van der Waals surface area contributed by atoms with Crippen LogP contribution in [0.1, 0.15) is 5.56 Å². The number of fused-ring (bicyclic) bond motifs is 1. The molecule has 0 bridgehead atoms. The van der Waals surface area contributed by atoms with Gasteiger partial charge < -0.3 is 14.5 Å². The molecule has 0 aliphatic rings. The quantitative estimate of drug-likeness (QED) is 0.764. The van der Waals surface area contributed by atoms with E-state index >= 15 is 0 Å². The molecule has 0 spiro atoms. The third-order valence-corrected chi connectivity index (χ3v) is 3.83. The largest absolute Gasteiger partial charge is 0.493 e. The number of hydrogen-bond acceptors (Lipinski definition) is 5. The maximum absolute atomic E-state index is 12.7. The second-order valence-corrected chi connectivity index (χ2v) is 5.25. The molecular weight excluding hydrogens is 310 g/mol. The maximum atomic E-state index is 12.7. The van der Waals surface area contributed by atoms with Gasteiger partial charge in [0.1, 0.15) is 0 Å². The summed E-state index contributed by atoms with van der Waals surface area (Å²) < 4.78 is 11.6. The molecule has 7 heteroatoms. The van der Waals surface area contributed by atoms with Gasteiger partial charge in [-0.15, -0.1) is 0 Å². The zero-order valence-electron chi connectivity index (χ0n) is 13.4. The van der Waals surface area contributed by atoms with E-state index in [1.807, 2.05) is 12.1 Å². The van der Waals surface area contributed by atoms with E-state index in [-0.39, 0.29) is 12.1 Å². The average Bonchev–Trinajstić information content (AvgIpc) is 2.61. The van der Waals surface area contributed by atoms with Crippen LogP contribution in [0.2, 0.25) is 0 Å². The smallest absolute Gasteiger partial charge is 0.328 e. The standard InChI is InChI=1S/C17H17N3O4/c1-23-14-8-12-13(9-15(14)24-2)19-17(22)20(16(12)21)7-5-11-4-3-6-18-10-11/h3-4,6,8-10H,5,7H2,1-2H3,(H,19,22). The highest BCUT2D eigenvalue weighted by atomic mass is 16.5. The molecule has 0 unspecified atom stereocenters. The topological polar surface area (TPSA) is 86.2 Å². The van der Waals surface area contributed by atoms with Crippen molar-refractivity contribution in [1.29, 1.82) is 0 Å². The first-order valence-electron chi connectivity index (χ1n) is 7.42. The minimum absolute atomic E-state index is 0.268. The second-order valence-electron chi connectivity index (χ2n) is 5.25. The van der Waals surface area contributed by atoms with Crippen LogP contribution in [0.5, 0.6) is 11.5 Å². The van der Waals surface area contributed by atoms with Crippen LogP contribution >= 0.6 is 0 Å². The molecule has 0 fully saturated rings. The van der Waals surface area contributed by atoms with Crippen LogP contribution in [0, 0.1) is 0 Å². The number of H-pyrrole nitrogens is 1. The molecule has 0 saturated carbocycles. The number of pyridine rings is 1. The van der Waals surface area contributed by atoms with E-state index in [2.05, 4.69) is 9.97 Å². The molecule has 124 valence electrons. The zero-order valence-corrected chi connectivity index (χ0v) is 13.4. The number of rotatable bonds is 5. The van der Waals surface area contributed by atoms with Crippen molar-refractivity contribution >= 4 is 10.9 Å². The van der Waals surface area contributed by atoms with E-state index in [9.17, 15) is 9.59 Å². The van der Waals surface area contributed by atoms with E-state index in [1.165, 1.54) is 18.8 Å². The number of methoxy groups -OCH3 is 2. The third-order valence-electron chi connectivity index (χ3n) is 3.83. The van der Waals surface area contributed by atoms with Gasteiger partial charge in [-0.3, -0.25) is 14.3 Å². The van der Waals surface area contributed by atoms with Crippen LogP contribution in [0.25, 0.3) is 10.9 Å². The van der Waals surface area contributed by atoms with Crippen LogP contribution < -0.4 is 20.7 Å². The molecule has 0 aliphatic heterocycles. The summed E-state index contributed by atoms with van der Waals surface area (Å²) in [5.74, 6) is 0.890. The van der Waals surface area contributed by atoms with Crippen molar-refractivity contribution in [2.75, 3.05) is 14.2 Å². The molecule has 2 heterocycles. The molecule has 1 aromatic carbocycles. The van der Waals surface area contributed by atoms with Crippen molar-refractivity contribution < 1.29 is 9.47 Å². The Balaban J connectivity index is 2.06. The molecule has 24 heavy (non-hydrogen) atoms. The van der Waals surface area contributed by atoms with E-state index in [0.717, 1.165) is 5.56 Å². The molecule has 2 aromatic heterocycles. The molecule has 0 saturated heterocycles. The molecule has 1 N–H and O–H groups in total. The maximum Gasteiger partial charge on any atom is 0.328 e. The summed E-state index contributed by atoms with van der Waals surface area (Å²) in [6, 6.07) is 6.89. The highest BCUT2D eigenvalue weighted by Gasteiger charge is 2.12. The summed E-state index contributed by atoms with van der Waals surface area (Å²) in [5.41, 5.74) is 0.554. The summed E-state index contributed by atoms with van der Waals surface area (Å²) in [6.45, 7) is 0.268. The number of hydrogen-bond donors (Lipinski definition) is 1. The van der Waals surface area contributed by atoms with Crippen LogP contribution in [0.4, 0.5) is 0 Å². The van der Waals surface area contributed by atoms with Gasteiger partial charge in [-0.25, -0.2) is 4.79 Å². The van der Waals surface area contributed by atoms with Gasteiger partial charge in [0.15, 0.2) is 11.5 Å². The Kier molecular flexibility index (Phi) is 4.33. The number of ether oxygens (including phenoxy) is 2. The lowest BCUT2D eigenvalue weighted by molar-refractivity contribution is 0.355. The first kappa shape index (κ1) is 15.8. The molecule has 0 atom stereocenters. The highest BCUT2D eigenvalue weighted by molar-refractivity contribution is 5.81. The van der Waals surface area contributed by atoms with Crippen LogP contribution in [0.3, 0.4) is 0 Å². The fraction of sp³-hybridized carbons (Fsp3) is 0.235. The lowest BCUT2D eigenvalue weighted by Gasteiger charge is -2.10. The average molecular weight is 327 g/mol. The van der Waals surface area contributed by atoms with Gasteiger partial charge in [0, 0.05) is 25.0 Å².